The lowest BCUT2D eigenvalue weighted by Gasteiger charge is -2.32. The molecule has 2 amide bonds. The Bertz CT molecular complexity index is 651. The van der Waals surface area contributed by atoms with Gasteiger partial charge >= 0.3 is 6.09 Å². The number of piperidine rings is 1. The maximum absolute atomic E-state index is 12.5. The van der Waals surface area contributed by atoms with Crippen molar-refractivity contribution >= 4 is 12.0 Å². The Morgan fingerprint density at radius 3 is 2.56 bits per heavy atom. The molecule has 0 aliphatic carbocycles. The zero-order valence-electron chi connectivity index (χ0n) is 16.4. The molecule has 1 saturated heterocycles. The summed E-state index contributed by atoms with van der Waals surface area (Å²) in [5.74, 6) is 0.929. The Kier molecular flexibility index (Phi) is 7.70. The topological polar surface area (TPSA) is 67.9 Å². The van der Waals surface area contributed by atoms with E-state index in [0.29, 0.717) is 31.8 Å². The highest BCUT2D eigenvalue weighted by atomic mass is 16.6. The first-order valence-electron chi connectivity index (χ1n) is 9.51. The van der Waals surface area contributed by atoms with Gasteiger partial charge in [0, 0.05) is 19.1 Å². The highest BCUT2D eigenvalue weighted by molar-refractivity contribution is 5.81. The minimum Gasteiger partial charge on any atom is -0.481 e. The Morgan fingerprint density at radius 2 is 1.93 bits per heavy atom. The summed E-state index contributed by atoms with van der Waals surface area (Å²) in [6, 6.07) is 7.83. The van der Waals surface area contributed by atoms with Gasteiger partial charge in [-0.05, 0) is 37.3 Å². The van der Waals surface area contributed by atoms with Crippen LogP contribution in [-0.2, 0) is 9.53 Å². The maximum Gasteiger partial charge on any atom is 0.410 e. The van der Waals surface area contributed by atoms with Crippen LogP contribution in [0, 0.1) is 0 Å². The molecule has 6 nitrogen and oxygen atoms in total. The number of carbonyl (C=O) groups is 2. The van der Waals surface area contributed by atoms with Crippen LogP contribution in [0.15, 0.2) is 36.9 Å². The number of hydrogen-bond donors (Lipinski definition) is 1. The van der Waals surface area contributed by atoms with Crippen LogP contribution in [-0.4, -0.2) is 48.7 Å². The molecule has 1 aromatic carbocycles. The SMILES string of the molecule is C=CCOC(=O)N1CCC(NC(=O)C(C)Oc2ccccc2C(C)C)CC1. The van der Waals surface area contributed by atoms with Gasteiger partial charge in [-0.2, -0.15) is 0 Å². The van der Waals surface area contributed by atoms with E-state index in [9.17, 15) is 9.59 Å². The molecule has 6 heteroatoms. The van der Waals surface area contributed by atoms with Gasteiger partial charge < -0.3 is 19.7 Å². The fourth-order valence-electron chi connectivity index (χ4n) is 3.06. The molecule has 1 aliphatic rings. The van der Waals surface area contributed by atoms with Gasteiger partial charge in [-0.1, -0.05) is 44.7 Å². The molecule has 1 heterocycles. The number of likely N-dealkylation sites (tertiary alicyclic amines) is 1. The van der Waals surface area contributed by atoms with Crippen LogP contribution in [0.3, 0.4) is 0 Å². The van der Waals surface area contributed by atoms with Gasteiger partial charge in [0.2, 0.25) is 0 Å². The van der Waals surface area contributed by atoms with Crippen LogP contribution in [0.25, 0.3) is 0 Å². The zero-order valence-corrected chi connectivity index (χ0v) is 16.4. The van der Waals surface area contributed by atoms with E-state index in [1.54, 1.807) is 17.9 Å². The Labute approximate surface area is 161 Å². The first-order chi connectivity index (χ1) is 12.9. The predicted octanol–water partition coefficient (Wildman–Crippen LogP) is 3.48. The summed E-state index contributed by atoms with van der Waals surface area (Å²) in [5.41, 5.74) is 1.09. The normalized spacial score (nSPS) is 15.9. The number of nitrogens with zero attached hydrogens (tertiary/aromatic N) is 1. The molecular weight excluding hydrogens is 344 g/mol. The second-order valence-corrected chi connectivity index (χ2v) is 7.09. The molecule has 0 saturated carbocycles. The Morgan fingerprint density at radius 1 is 1.26 bits per heavy atom. The second kappa shape index (κ2) is 10.00. The molecule has 1 atom stereocenters. The van der Waals surface area contributed by atoms with Crippen molar-refractivity contribution in [2.75, 3.05) is 19.7 Å². The minimum atomic E-state index is -0.583. The number of nitrogens with one attached hydrogen (secondary N) is 1. The molecule has 0 radical (unpaired) electrons. The third-order valence-electron chi connectivity index (χ3n) is 4.64. The van der Waals surface area contributed by atoms with Crippen LogP contribution >= 0.6 is 0 Å². The summed E-state index contributed by atoms with van der Waals surface area (Å²) in [5, 5.41) is 3.03. The van der Waals surface area contributed by atoms with Gasteiger partial charge in [-0.15, -0.1) is 0 Å². The number of benzene rings is 1. The van der Waals surface area contributed by atoms with Crippen LogP contribution in [0.5, 0.6) is 5.75 Å². The fourth-order valence-corrected chi connectivity index (χ4v) is 3.06. The van der Waals surface area contributed by atoms with E-state index in [1.807, 2.05) is 24.3 Å². The third-order valence-corrected chi connectivity index (χ3v) is 4.64. The average molecular weight is 374 g/mol. The summed E-state index contributed by atoms with van der Waals surface area (Å²) in [6.45, 7) is 10.8. The summed E-state index contributed by atoms with van der Waals surface area (Å²) < 4.78 is 11.0. The second-order valence-electron chi connectivity index (χ2n) is 7.09. The van der Waals surface area contributed by atoms with Crippen molar-refractivity contribution in [2.24, 2.45) is 0 Å². The van der Waals surface area contributed by atoms with Crippen LogP contribution < -0.4 is 10.1 Å². The molecule has 0 bridgehead atoms. The van der Waals surface area contributed by atoms with E-state index >= 15 is 0 Å². The number of hydrogen-bond acceptors (Lipinski definition) is 4. The van der Waals surface area contributed by atoms with Crippen molar-refractivity contribution in [2.45, 2.75) is 51.7 Å². The molecule has 0 aromatic heterocycles. The van der Waals surface area contributed by atoms with Crippen molar-refractivity contribution in [3.8, 4) is 5.75 Å². The molecule has 1 fully saturated rings. The Hall–Kier alpha value is -2.50. The van der Waals surface area contributed by atoms with Crippen molar-refractivity contribution < 1.29 is 19.1 Å². The lowest BCUT2D eigenvalue weighted by Crippen LogP contribution is -2.49. The van der Waals surface area contributed by atoms with Crippen molar-refractivity contribution in [3.05, 3.63) is 42.5 Å². The summed E-state index contributed by atoms with van der Waals surface area (Å²) >= 11 is 0. The van der Waals surface area contributed by atoms with Crippen LogP contribution in [0.1, 0.15) is 45.1 Å². The quantitative estimate of drug-likeness (QED) is 0.742. The molecule has 27 heavy (non-hydrogen) atoms. The van der Waals surface area contributed by atoms with Gasteiger partial charge in [-0.3, -0.25) is 4.79 Å². The zero-order chi connectivity index (χ0) is 19.8. The molecule has 2 rings (SSSR count). The standard InChI is InChI=1S/C21H30N2O4/c1-5-14-26-21(25)23-12-10-17(11-13-23)22-20(24)16(4)27-19-9-7-6-8-18(19)15(2)3/h5-9,15-17H,1,10-14H2,2-4H3,(H,22,24). The first kappa shape index (κ1) is 20.8. The van der Waals surface area contributed by atoms with Gasteiger partial charge in [0.05, 0.1) is 0 Å². The van der Waals surface area contributed by atoms with Crippen LogP contribution in [0.4, 0.5) is 4.79 Å². The molecule has 148 valence electrons. The van der Waals surface area contributed by atoms with E-state index in [1.165, 1.54) is 0 Å². The monoisotopic (exact) mass is 374 g/mol. The van der Waals surface area contributed by atoms with E-state index in [2.05, 4.69) is 25.7 Å². The molecule has 1 N–H and O–H groups in total. The van der Waals surface area contributed by atoms with Gasteiger partial charge in [-0.25, -0.2) is 4.79 Å². The molecule has 1 unspecified atom stereocenters. The first-order valence-corrected chi connectivity index (χ1v) is 9.51. The minimum absolute atomic E-state index is 0.0346. The van der Waals surface area contributed by atoms with Crippen LogP contribution in [0.2, 0.25) is 0 Å². The Balaban J connectivity index is 1.82. The largest absolute Gasteiger partial charge is 0.481 e. The van der Waals surface area contributed by atoms with E-state index < -0.39 is 6.10 Å². The van der Waals surface area contributed by atoms with Crippen molar-refractivity contribution in [1.82, 2.24) is 10.2 Å². The summed E-state index contributed by atoms with van der Waals surface area (Å²) in [7, 11) is 0. The number of para-hydroxylation sites is 1. The highest BCUT2D eigenvalue weighted by Gasteiger charge is 2.26. The lowest BCUT2D eigenvalue weighted by atomic mass is 10.0. The summed E-state index contributed by atoms with van der Waals surface area (Å²) in [6.07, 6.45) is 2.03. The van der Waals surface area contributed by atoms with Crippen molar-refractivity contribution in [1.29, 1.82) is 0 Å². The molecule has 1 aliphatic heterocycles. The van der Waals surface area contributed by atoms with E-state index in [4.69, 9.17) is 9.47 Å². The molecule has 1 aromatic rings. The average Bonchev–Trinajstić information content (AvgIpc) is 2.66. The van der Waals surface area contributed by atoms with Gasteiger partial charge in [0.15, 0.2) is 6.10 Å². The summed E-state index contributed by atoms with van der Waals surface area (Å²) in [4.78, 5) is 26.0. The number of rotatable bonds is 7. The highest BCUT2D eigenvalue weighted by Crippen LogP contribution is 2.26. The molecular formula is C21H30N2O4. The maximum atomic E-state index is 12.5. The number of amides is 2. The fraction of sp³-hybridized carbons (Fsp3) is 0.524. The van der Waals surface area contributed by atoms with E-state index in [0.717, 1.165) is 11.3 Å². The number of ether oxygens (including phenoxy) is 2. The molecule has 0 spiro atoms. The van der Waals surface area contributed by atoms with Gasteiger partial charge in [0.1, 0.15) is 12.4 Å². The van der Waals surface area contributed by atoms with Crippen molar-refractivity contribution in [3.63, 3.8) is 0 Å². The van der Waals surface area contributed by atoms with Gasteiger partial charge in [0.25, 0.3) is 5.91 Å². The smallest absolute Gasteiger partial charge is 0.410 e. The third kappa shape index (κ3) is 6.01. The predicted molar refractivity (Wildman–Crippen MR) is 105 cm³/mol. The lowest BCUT2D eigenvalue weighted by molar-refractivity contribution is -0.128. The number of carbonyl (C=O) groups excluding carboxylic acids is 2. The van der Waals surface area contributed by atoms with E-state index in [-0.39, 0.29) is 24.6 Å².